The molecule has 0 amide bonds. The van der Waals surface area contributed by atoms with Crippen LogP contribution in [-0.2, 0) is 6.61 Å². The molecule has 1 heterocycles. The van der Waals surface area contributed by atoms with Gasteiger partial charge in [0.1, 0.15) is 5.15 Å². The first-order chi connectivity index (χ1) is 4.33. The molecule has 0 aliphatic rings. The monoisotopic (exact) mass is 142 g/mol. The minimum atomic E-state index is -0.0750. The van der Waals surface area contributed by atoms with Crippen LogP contribution in [0.1, 0.15) is 5.69 Å². The van der Waals surface area contributed by atoms with Gasteiger partial charge in [0.25, 0.3) is 0 Å². The Balaban J connectivity index is 2.94. The van der Waals surface area contributed by atoms with Gasteiger partial charge in [-0.1, -0.05) is 11.6 Å². The van der Waals surface area contributed by atoms with Gasteiger partial charge in [-0.3, -0.25) is 0 Å². The molecule has 0 bridgehead atoms. The maximum Gasteiger partial charge on any atom is 0.137 e. The number of rotatable bonds is 1. The molecule has 0 aliphatic heterocycles. The molecule has 2 nitrogen and oxygen atoms in total. The summed E-state index contributed by atoms with van der Waals surface area (Å²) in [6, 6.07) is 5.93. The molecule has 1 N–H and O–H groups in total. The van der Waals surface area contributed by atoms with Gasteiger partial charge in [0.15, 0.2) is 0 Å². The quantitative estimate of drug-likeness (QED) is 0.594. The van der Waals surface area contributed by atoms with Crippen LogP contribution in [0.4, 0.5) is 0 Å². The van der Waals surface area contributed by atoms with E-state index in [0.29, 0.717) is 10.8 Å². The van der Waals surface area contributed by atoms with Gasteiger partial charge in [0, 0.05) is 6.07 Å². The predicted octanol–water partition coefficient (Wildman–Crippen LogP) is 1.03. The molecule has 0 saturated carbocycles. The van der Waals surface area contributed by atoms with E-state index in [4.69, 9.17) is 16.7 Å². The fourth-order valence-electron chi connectivity index (χ4n) is 0.490. The molecule has 1 radical (unpaired) electrons. The average Bonchev–Trinajstić information content (AvgIpc) is 1.88. The minimum Gasteiger partial charge on any atom is -0.390 e. The van der Waals surface area contributed by atoms with E-state index in [1.807, 2.05) is 0 Å². The van der Waals surface area contributed by atoms with Crippen LogP contribution in [0.2, 0.25) is 5.15 Å². The third-order valence-electron chi connectivity index (χ3n) is 0.882. The topological polar surface area (TPSA) is 33.1 Å². The van der Waals surface area contributed by atoms with Crippen molar-refractivity contribution in [2.45, 2.75) is 6.61 Å². The van der Waals surface area contributed by atoms with Crippen molar-refractivity contribution in [3.05, 3.63) is 29.0 Å². The molecular formula is C6H5ClNO. The Morgan fingerprint density at radius 2 is 2.56 bits per heavy atom. The summed E-state index contributed by atoms with van der Waals surface area (Å²) in [7, 11) is 0. The SMILES string of the molecule is OCc1cc[c]c(Cl)n1. The lowest BCUT2D eigenvalue weighted by Crippen LogP contribution is -1.86. The number of hydrogen-bond donors (Lipinski definition) is 1. The zero-order valence-corrected chi connectivity index (χ0v) is 5.39. The van der Waals surface area contributed by atoms with E-state index in [9.17, 15) is 0 Å². The van der Waals surface area contributed by atoms with Crippen LogP contribution in [0, 0.1) is 6.07 Å². The van der Waals surface area contributed by atoms with E-state index >= 15 is 0 Å². The highest BCUT2D eigenvalue weighted by molar-refractivity contribution is 6.29. The van der Waals surface area contributed by atoms with Gasteiger partial charge < -0.3 is 5.11 Å². The molecule has 1 rings (SSSR count). The van der Waals surface area contributed by atoms with Crippen molar-refractivity contribution in [1.82, 2.24) is 4.98 Å². The standard InChI is InChI=1S/C6H5ClNO/c7-6-3-1-2-5(4-9)8-6/h1-2,9H,4H2. The second-order valence-electron chi connectivity index (χ2n) is 1.53. The fourth-order valence-corrected chi connectivity index (χ4v) is 0.662. The van der Waals surface area contributed by atoms with E-state index in [0.717, 1.165) is 0 Å². The molecule has 1 aromatic heterocycles. The zero-order chi connectivity index (χ0) is 6.69. The molecule has 1 aromatic rings. The number of nitrogens with zero attached hydrogens (tertiary/aromatic N) is 1. The van der Waals surface area contributed by atoms with Crippen molar-refractivity contribution >= 4 is 11.6 Å². The maximum atomic E-state index is 8.53. The number of aromatic nitrogens is 1. The fraction of sp³-hybridized carbons (Fsp3) is 0.167. The normalized spacial score (nSPS) is 9.56. The molecule has 0 spiro atoms. The van der Waals surface area contributed by atoms with Crippen LogP contribution in [0.15, 0.2) is 12.1 Å². The summed E-state index contributed by atoms with van der Waals surface area (Å²) in [6.07, 6.45) is 0. The van der Waals surface area contributed by atoms with Gasteiger partial charge in [-0.2, -0.15) is 0 Å². The van der Waals surface area contributed by atoms with Gasteiger partial charge >= 0.3 is 0 Å². The smallest absolute Gasteiger partial charge is 0.137 e. The molecule has 0 atom stereocenters. The third-order valence-corrected chi connectivity index (χ3v) is 1.08. The Morgan fingerprint density at radius 1 is 1.78 bits per heavy atom. The van der Waals surface area contributed by atoms with Crippen molar-refractivity contribution in [3.8, 4) is 0 Å². The first-order valence-corrected chi connectivity index (χ1v) is 2.84. The molecular weight excluding hydrogens is 138 g/mol. The van der Waals surface area contributed by atoms with Crippen LogP contribution < -0.4 is 0 Å². The lowest BCUT2D eigenvalue weighted by molar-refractivity contribution is 0.277. The van der Waals surface area contributed by atoms with Crippen LogP contribution in [0.5, 0.6) is 0 Å². The number of aliphatic hydroxyl groups excluding tert-OH is 1. The van der Waals surface area contributed by atoms with Crippen LogP contribution >= 0.6 is 11.6 Å². The second kappa shape index (κ2) is 2.80. The first kappa shape index (κ1) is 6.52. The van der Waals surface area contributed by atoms with Crippen molar-refractivity contribution in [2.75, 3.05) is 0 Å². The zero-order valence-electron chi connectivity index (χ0n) is 4.63. The molecule has 3 heteroatoms. The average molecular weight is 143 g/mol. The summed E-state index contributed by atoms with van der Waals surface area (Å²) in [5.41, 5.74) is 0.568. The Bertz CT molecular complexity index is 202. The Hall–Kier alpha value is -0.600. The minimum absolute atomic E-state index is 0.0750. The van der Waals surface area contributed by atoms with Crippen molar-refractivity contribution in [1.29, 1.82) is 0 Å². The summed E-state index contributed by atoms with van der Waals surface area (Å²) in [5, 5.41) is 8.82. The largest absolute Gasteiger partial charge is 0.390 e. The van der Waals surface area contributed by atoms with Gasteiger partial charge in [-0.25, -0.2) is 4.98 Å². The number of aliphatic hydroxyl groups is 1. The van der Waals surface area contributed by atoms with Gasteiger partial charge in [0.2, 0.25) is 0 Å². The highest BCUT2D eigenvalue weighted by atomic mass is 35.5. The molecule has 0 fully saturated rings. The lowest BCUT2D eigenvalue weighted by atomic mass is 10.4. The van der Waals surface area contributed by atoms with Gasteiger partial charge in [-0.15, -0.1) is 0 Å². The number of hydrogen-bond acceptors (Lipinski definition) is 2. The van der Waals surface area contributed by atoms with Crippen molar-refractivity contribution < 1.29 is 5.11 Å². The molecule has 0 saturated heterocycles. The lowest BCUT2D eigenvalue weighted by Gasteiger charge is -1.91. The van der Waals surface area contributed by atoms with E-state index in [2.05, 4.69) is 11.1 Å². The number of pyridine rings is 1. The summed E-state index contributed by atoms with van der Waals surface area (Å²) < 4.78 is 0. The second-order valence-corrected chi connectivity index (χ2v) is 1.89. The van der Waals surface area contributed by atoms with Gasteiger partial charge in [0.05, 0.1) is 12.3 Å². The molecule has 0 aromatic carbocycles. The molecule has 0 aliphatic carbocycles. The Kier molecular flexibility index (Phi) is 2.03. The maximum absolute atomic E-state index is 8.53. The van der Waals surface area contributed by atoms with E-state index in [1.54, 1.807) is 12.1 Å². The van der Waals surface area contributed by atoms with Crippen LogP contribution in [-0.4, -0.2) is 10.1 Å². The highest BCUT2D eigenvalue weighted by Crippen LogP contribution is 2.02. The third kappa shape index (κ3) is 1.66. The highest BCUT2D eigenvalue weighted by Gasteiger charge is 1.90. The van der Waals surface area contributed by atoms with E-state index in [1.165, 1.54) is 0 Å². The van der Waals surface area contributed by atoms with Crippen LogP contribution in [0.3, 0.4) is 0 Å². The molecule has 0 unspecified atom stereocenters. The van der Waals surface area contributed by atoms with Gasteiger partial charge in [-0.05, 0) is 12.1 Å². The van der Waals surface area contributed by atoms with E-state index < -0.39 is 0 Å². The summed E-state index contributed by atoms with van der Waals surface area (Å²) >= 11 is 5.45. The molecule has 9 heavy (non-hydrogen) atoms. The summed E-state index contributed by atoms with van der Waals surface area (Å²) in [4.78, 5) is 3.75. The summed E-state index contributed by atoms with van der Waals surface area (Å²) in [5.74, 6) is 0. The number of halogens is 1. The van der Waals surface area contributed by atoms with Crippen molar-refractivity contribution in [2.24, 2.45) is 0 Å². The first-order valence-electron chi connectivity index (χ1n) is 2.47. The summed E-state index contributed by atoms with van der Waals surface area (Å²) in [6.45, 7) is -0.0750. The van der Waals surface area contributed by atoms with Crippen molar-refractivity contribution in [3.63, 3.8) is 0 Å². The predicted molar refractivity (Wildman–Crippen MR) is 34.0 cm³/mol. The van der Waals surface area contributed by atoms with E-state index in [-0.39, 0.29) is 6.61 Å². The molecule has 47 valence electrons. The van der Waals surface area contributed by atoms with Crippen LogP contribution in [0.25, 0.3) is 0 Å². The Labute approximate surface area is 58.1 Å². The Morgan fingerprint density at radius 3 is 3.00 bits per heavy atom.